The maximum Gasteiger partial charge on any atom is 0.321 e. The van der Waals surface area contributed by atoms with Crippen LogP contribution in [-0.2, 0) is 0 Å². The summed E-state index contributed by atoms with van der Waals surface area (Å²) < 4.78 is 5.87. The van der Waals surface area contributed by atoms with Crippen molar-refractivity contribution in [2.45, 2.75) is 18.9 Å². The van der Waals surface area contributed by atoms with Crippen LogP contribution in [0.25, 0.3) is 0 Å². The smallest absolute Gasteiger partial charge is 0.321 e. The van der Waals surface area contributed by atoms with Gasteiger partial charge < -0.3 is 24.8 Å². The fraction of sp³-hybridized carbons (Fsp3) is 0.562. The van der Waals surface area contributed by atoms with Crippen molar-refractivity contribution >= 4 is 17.7 Å². The first-order valence-corrected chi connectivity index (χ1v) is 7.94. The number of hydrogen-bond acceptors (Lipinski definition) is 4. The molecule has 1 aromatic heterocycles. The van der Waals surface area contributed by atoms with E-state index in [2.05, 4.69) is 10.3 Å². The minimum Gasteiger partial charge on any atom is -0.474 e. The highest BCUT2D eigenvalue weighted by Crippen LogP contribution is 2.19. The summed E-state index contributed by atoms with van der Waals surface area (Å²) in [5.74, 6) is 0.523. The zero-order valence-corrected chi connectivity index (χ0v) is 14.7. The van der Waals surface area contributed by atoms with Gasteiger partial charge in [0, 0.05) is 60.2 Å². The third kappa shape index (κ3) is 4.74. The van der Waals surface area contributed by atoms with Crippen LogP contribution >= 0.6 is 0 Å². The number of ether oxygens (including phenoxy) is 1. The van der Waals surface area contributed by atoms with Crippen molar-refractivity contribution in [3.05, 3.63) is 18.3 Å². The Morgan fingerprint density at radius 2 is 1.83 bits per heavy atom. The minimum absolute atomic E-state index is 0.0348. The van der Waals surface area contributed by atoms with Crippen molar-refractivity contribution in [2.24, 2.45) is 0 Å². The molecule has 1 aliphatic heterocycles. The Morgan fingerprint density at radius 1 is 1.17 bits per heavy atom. The first kappa shape index (κ1) is 17.8. The molecule has 8 heteroatoms. The SMILES string of the molecule is CN(C)C(=O)Nc1ccc(OC2CCN(C(=O)N(C)C)CC2)nc1. The lowest BCUT2D eigenvalue weighted by Gasteiger charge is -2.33. The average molecular weight is 335 g/mol. The number of rotatable bonds is 3. The van der Waals surface area contributed by atoms with E-state index in [1.54, 1.807) is 51.4 Å². The number of hydrogen-bond donors (Lipinski definition) is 1. The highest BCUT2D eigenvalue weighted by molar-refractivity contribution is 5.88. The standard InChI is InChI=1S/C16H25N5O3/c1-19(2)15(22)18-12-5-6-14(17-11-12)24-13-7-9-21(10-8-13)16(23)20(3)4/h5-6,11,13H,7-10H2,1-4H3,(H,18,22). The number of pyridine rings is 1. The van der Waals surface area contributed by atoms with Crippen LogP contribution in [0.5, 0.6) is 5.88 Å². The van der Waals surface area contributed by atoms with E-state index >= 15 is 0 Å². The normalized spacial score (nSPS) is 14.9. The van der Waals surface area contributed by atoms with Gasteiger partial charge in [-0.3, -0.25) is 0 Å². The van der Waals surface area contributed by atoms with Crippen LogP contribution in [0.3, 0.4) is 0 Å². The molecule has 4 amide bonds. The van der Waals surface area contributed by atoms with Crippen molar-refractivity contribution in [1.82, 2.24) is 19.7 Å². The number of aromatic nitrogens is 1. The molecule has 1 aliphatic rings. The van der Waals surface area contributed by atoms with Crippen molar-refractivity contribution in [1.29, 1.82) is 0 Å². The number of anilines is 1. The van der Waals surface area contributed by atoms with E-state index < -0.39 is 0 Å². The van der Waals surface area contributed by atoms with Gasteiger partial charge in [0.1, 0.15) is 6.10 Å². The van der Waals surface area contributed by atoms with E-state index in [0.29, 0.717) is 24.7 Å². The predicted octanol–water partition coefficient (Wildman–Crippen LogP) is 1.70. The van der Waals surface area contributed by atoms with Crippen LogP contribution in [0.1, 0.15) is 12.8 Å². The molecule has 0 aromatic carbocycles. The lowest BCUT2D eigenvalue weighted by Crippen LogP contribution is -2.46. The van der Waals surface area contributed by atoms with Gasteiger partial charge in [-0.15, -0.1) is 0 Å². The van der Waals surface area contributed by atoms with Crippen molar-refractivity contribution < 1.29 is 14.3 Å². The van der Waals surface area contributed by atoms with Gasteiger partial charge in [-0.05, 0) is 6.07 Å². The lowest BCUT2D eigenvalue weighted by molar-refractivity contribution is 0.0983. The molecule has 0 spiro atoms. The molecular weight excluding hydrogens is 310 g/mol. The molecule has 0 radical (unpaired) electrons. The summed E-state index contributed by atoms with van der Waals surface area (Å²) in [5.41, 5.74) is 0.618. The summed E-state index contributed by atoms with van der Waals surface area (Å²) in [6.07, 6.45) is 3.17. The Hall–Kier alpha value is -2.51. The number of carbonyl (C=O) groups is 2. The van der Waals surface area contributed by atoms with Gasteiger partial charge in [0.2, 0.25) is 5.88 Å². The first-order chi connectivity index (χ1) is 11.4. The Kier molecular flexibility index (Phi) is 5.83. The van der Waals surface area contributed by atoms with E-state index in [1.807, 2.05) is 4.90 Å². The molecule has 1 aromatic rings. The van der Waals surface area contributed by atoms with E-state index in [1.165, 1.54) is 4.90 Å². The largest absolute Gasteiger partial charge is 0.474 e. The molecule has 1 saturated heterocycles. The van der Waals surface area contributed by atoms with Crippen LogP contribution in [0, 0.1) is 0 Å². The number of nitrogens with zero attached hydrogens (tertiary/aromatic N) is 4. The Balaban J connectivity index is 1.83. The quantitative estimate of drug-likeness (QED) is 0.912. The fourth-order valence-electron chi connectivity index (χ4n) is 2.38. The van der Waals surface area contributed by atoms with Crippen LogP contribution in [0.2, 0.25) is 0 Å². The lowest BCUT2D eigenvalue weighted by atomic mass is 10.1. The summed E-state index contributed by atoms with van der Waals surface area (Å²) in [7, 11) is 6.86. The predicted molar refractivity (Wildman–Crippen MR) is 91.2 cm³/mol. The van der Waals surface area contributed by atoms with Gasteiger partial charge in [-0.1, -0.05) is 0 Å². The highest BCUT2D eigenvalue weighted by Gasteiger charge is 2.25. The van der Waals surface area contributed by atoms with Gasteiger partial charge >= 0.3 is 12.1 Å². The topological polar surface area (TPSA) is 78.0 Å². The minimum atomic E-state index is -0.205. The van der Waals surface area contributed by atoms with E-state index in [0.717, 1.165) is 12.8 Å². The summed E-state index contributed by atoms with van der Waals surface area (Å²) in [4.78, 5) is 32.6. The molecular formula is C16H25N5O3. The Morgan fingerprint density at radius 3 is 2.33 bits per heavy atom. The second kappa shape index (κ2) is 7.85. The Labute approximate surface area is 142 Å². The third-order valence-electron chi connectivity index (χ3n) is 3.78. The zero-order valence-electron chi connectivity index (χ0n) is 14.7. The third-order valence-corrected chi connectivity index (χ3v) is 3.78. The van der Waals surface area contributed by atoms with Crippen LogP contribution < -0.4 is 10.1 Å². The molecule has 0 bridgehead atoms. The number of piperidine rings is 1. The van der Waals surface area contributed by atoms with Crippen LogP contribution in [0.15, 0.2) is 18.3 Å². The van der Waals surface area contributed by atoms with Crippen molar-refractivity contribution in [2.75, 3.05) is 46.6 Å². The van der Waals surface area contributed by atoms with E-state index in [4.69, 9.17) is 4.74 Å². The summed E-state index contributed by atoms with van der Waals surface area (Å²) in [5, 5.41) is 2.72. The molecule has 1 N–H and O–H groups in total. The van der Waals surface area contributed by atoms with Crippen LogP contribution in [-0.4, -0.2) is 79.1 Å². The molecule has 1 fully saturated rings. The number of likely N-dealkylation sites (tertiary alicyclic amines) is 1. The number of nitrogens with one attached hydrogen (secondary N) is 1. The van der Waals surface area contributed by atoms with Gasteiger partial charge in [0.15, 0.2) is 0 Å². The highest BCUT2D eigenvalue weighted by atomic mass is 16.5. The number of carbonyl (C=O) groups excluding carboxylic acids is 2. The van der Waals surface area contributed by atoms with E-state index in [-0.39, 0.29) is 18.2 Å². The van der Waals surface area contributed by atoms with Gasteiger partial charge in [-0.2, -0.15) is 0 Å². The second-order valence-corrected chi connectivity index (χ2v) is 6.19. The molecule has 0 unspecified atom stereocenters. The maximum absolute atomic E-state index is 11.9. The molecule has 0 saturated carbocycles. The zero-order chi connectivity index (χ0) is 17.7. The maximum atomic E-state index is 11.9. The van der Waals surface area contributed by atoms with Crippen molar-refractivity contribution in [3.63, 3.8) is 0 Å². The molecule has 132 valence electrons. The van der Waals surface area contributed by atoms with E-state index in [9.17, 15) is 9.59 Å². The van der Waals surface area contributed by atoms with Crippen LogP contribution in [0.4, 0.5) is 15.3 Å². The first-order valence-electron chi connectivity index (χ1n) is 7.94. The number of amides is 4. The van der Waals surface area contributed by atoms with Gasteiger partial charge in [0.25, 0.3) is 0 Å². The van der Waals surface area contributed by atoms with Gasteiger partial charge in [0.05, 0.1) is 11.9 Å². The molecule has 8 nitrogen and oxygen atoms in total. The monoisotopic (exact) mass is 335 g/mol. The molecule has 0 atom stereocenters. The van der Waals surface area contributed by atoms with Gasteiger partial charge in [-0.25, -0.2) is 14.6 Å². The Bertz CT molecular complexity index is 566. The fourth-order valence-corrected chi connectivity index (χ4v) is 2.38. The summed E-state index contributed by atoms with van der Waals surface area (Å²) in [6.45, 7) is 1.36. The summed E-state index contributed by atoms with van der Waals surface area (Å²) in [6, 6.07) is 3.33. The molecule has 24 heavy (non-hydrogen) atoms. The average Bonchev–Trinajstić information content (AvgIpc) is 2.56. The second-order valence-electron chi connectivity index (χ2n) is 6.19. The van der Waals surface area contributed by atoms with Crippen molar-refractivity contribution in [3.8, 4) is 5.88 Å². The molecule has 2 rings (SSSR count). The molecule has 2 heterocycles. The number of urea groups is 2. The summed E-state index contributed by atoms with van der Waals surface area (Å²) >= 11 is 0. The molecule has 0 aliphatic carbocycles.